The van der Waals surface area contributed by atoms with E-state index >= 15 is 0 Å². The third kappa shape index (κ3) is 5.51. The molecule has 0 heterocycles. The molecule has 4 nitrogen and oxygen atoms in total. The third-order valence-electron chi connectivity index (χ3n) is 2.76. The minimum atomic E-state index is 0.127. The largest absolute Gasteiger partial charge is 0.492 e. The van der Waals surface area contributed by atoms with E-state index in [1.807, 2.05) is 43.3 Å². The van der Waals surface area contributed by atoms with Crippen LogP contribution in [0.25, 0.3) is 0 Å². The predicted octanol–water partition coefficient (Wildman–Crippen LogP) is 2.37. The molecule has 0 fully saturated rings. The van der Waals surface area contributed by atoms with Crippen LogP contribution in [0.4, 0.5) is 5.69 Å². The average molecular weight is 329 g/mol. The highest BCUT2D eigenvalue weighted by Gasteiger charge is 2.07. The van der Waals surface area contributed by atoms with Gasteiger partial charge in [0.1, 0.15) is 12.4 Å². The highest BCUT2D eigenvalue weighted by atomic mass is 79.9. The van der Waals surface area contributed by atoms with E-state index in [0.717, 1.165) is 11.4 Å². The average Bonchev–Trinajstić information content (AvgIpc) is 2.39. The van der Waals surface area contributed by atoms with Crippen molar-refractivity contribution in [2.45, 2.75) is 6.42 Å². The number of rotatable bonds is 7. The first-order valence-electron chi connectivity index (χ1n) is 6.24. The van der Waals surface area contributed by atoms with Gasteiger partial charge >= 0.3 is 0 Å². The van der Waals surface area contributed by atoms with Crippen LogP contribution in [0.5, 0.6) is 5.75 Å². The van der Waals surface area contributed by atoms with Crippen molar-refractivity contribution in [1.29, 1.82) is 0 Å². The second-order valence-corrected chi connectivity index (χ2v) is 5.29. The summed E-state index contributed by atoms with van der Waals surface area (Å²) < 4.78 is 5.66. The molecule has 0 aromatic heterocycles. The van der Waals surface area contributed by atoms with Crippen molar-refractivity contribution in [2.24, 2.45) is 0 Å². The molecular weight excluding hydrogens is 308 g/mol. The first kappa shape index (κ1) is 15.8. The van der Waals surface area contributed by atoms with Gasteiger partial charge in [-0.3, -0.25) is 4.79 Å². The van der Waals surface area contributed by atoms with E-state index in [-0.39, 0.29) is 5.91 Å². The lowest BCUT2D eigenvalue weighted by atomic mass is 10.3. The lowest BCUT2D eigenvalue weighted by molar-refractivity contribution is -0.129. The zero-order valence-electron chi connectivity index (χ0n) is 11.7. The fourth-order valence-electron chi connectivity index (χ4n) is 1.55. The van der Waals surface area contributed by atoms with Gasteiger partial charge in [-0.15, -0.1) is 0 Å². The summed E-state index contributed by atoms with van der Waals surface area (Å²) in [4.78, 5) is 15.3. The van der Waals surface area contributed by atoms with E-state index in [2.05, 4.69) is 15.9 Å². The number of benzene rings is 1. The summed E-state index contributed by atoms with van der Waals surface area (Å²) in [6, 6.07) is 7.90. The number of halogens is 1. The molecule has 0 N–H and O–H groups in total. The molecule has 0 saturated heterocycles. The Kier molecular flexibility index (Phi) is 6.70. The van der Waals surface area contributed by atoms with Gasteiger partial charge < -0.3 is 14.5 Å². The number of carbonyl (C=O) groups excluding carboxylic acids is 1. The molecule has 0 radical (unpaired) electrons. The maximum absolute atomic E-state index is 11.6. The number of amides is 1. The predicted molar refractivity (Wildman–Crippen MR) is 82.3 cm³/mol. The number of ether oxygens (including phenoxy) is 1. The van der Waals surface area contributed by atoms with E-state index < -0.39 is 0 Å². The number of alkyl halides is 1. The summed E-state index contributed by atoms with van der Waals surface area (Å²) in [5.74, 6) is 0.954. The summed E-state index contributed by atoms with van der Waals surface area (Å²) in [6.45, 7) is 1.10. The van der Waals surface area contributed by atoms with Gasteiger partial charge in [-0.2, -0.15) is 0 Å². The highest BCUT2D eigenvalue weighted by Crippen LogP contribution is 2.19. The van der Waals surface area contributed by atoms with Crippen LogP contribution >= 0.6 is 15.9 Å². The number of nitrogens with zero attached hydrogens (tertiary/aromatic N) is 2. The SMILES string of the molecule is CN(CCOc1cccc(N(C)C)c1)C(=O)CCBr. The van der Waals surface area contributed by atoms with Gasteiger partial charge in [0.2, 0.25) is 5.91 Å². The second-order valence-electron chi connectivity index (χ2n) is 4.49. The van der Waals surface area contributed by atoms with Gasteiger partial charge in [0.15, 0.2) is 0 Å². The van der Waals surface area contributed by atoms with Crippen LogP contribution in [0.3, 0.4) is 0 Å². The van der Waals surface area contributed by atoms with E-state index in [9.17, 15) is 4.79 Å². The Hall–Kier alpha value is -1.23. The summed E-state index contributed by atoms with van der Waals surface area (Å²) in [7, 11) is 5.78. The molecule has 0 atom stereocenters. The highest BCUT2D eigenvalue weighted by molar-refractivity contribution is 9.09. The van der Waals surface area contributed by atoms with E-state index in [1.165, 1.54) is 0 Å². The molecule has 1 aromatic carbocycles. The second kappa shape index (κ2) is 8.04. The van der Waals surface area contributed by atoms with Crippen molar-refractivity contribution >= 4 is 27.5 Å². The molecule has 0 aliphatic carbocycles. The molecule has 106 valence electrons. The van der Waals surface area contributed by atoms with Crippen molar-refractivity contribution in [1.82, 2.24) is 4.90 Å². The number of anilines is 1. The Labute approximate surface area is 123 Å². The zero-order chi connectivity index (χ0) is 14.3. The van der Waals surface area contributed by atoms with Gasteiger partial charge in [-0.1, -0.05) is 22.0 Å². The Morgan fingerprint density at radius 3 is 2.68 bits per heavy atom. The van der Waals surface area contributed by atoms with Crippen molar-refractivity contribution in [2.75, 3.05) is 44.5 Å². The fraction of sp³-hybridized carbons (Fsp3) is 0.500. The van der Waals surface area contributed by atoms with Gasteiger partial charge in [-0.05, 0) is 12.1 Å². The maximum Gasteiger partial charge on any atom is 0.223 e. The lowest BCUT2D eigenvalue weighted by Gasteiger charge is -2.18. The van der Waals surface area contributed by atoms with Crippen LogP contribution < -0.4 is 9.64 Å². The number of hydrogen-bond acceptors (Lipinski definition) is 3. The molecule has 19 heavy (non-hydrogen) atoms. The third-order valence-corrected chi connectivity index (χ3v) is 3.16. The molecular formula is C14H21BrN2O2. The molecule has 1 rings (SSSR count). The number of likely N-dealkylation sites (N-methyl/N-ethyl adjacent to an activating group) is 1. The first-order valence-corrected chi connectivity index (χ1v) is 7.37. The van der Waals surface area contributed by atoms with Crippen molar-refractivity contribution in [3.8, 4) is 5.75 Å². The summed E-state index contributed by atoms with van der Waals surface area (Å²) in [6.07, 6.45) is 0.520. The van der Waals surface area contributed by atoms with Gasteiger partial charge in [0, 0.05) is 44.6 Å². The molecule has 1 aromatic rings. The first-order chi connectivity index (χ1) is 9.04. The Morgan fingerprint density at radius 2 is 2.05 bits per heavy atom. The number of carbonyl (C=O) groups is 1. The summed E-state index contributed by atoms with van der Waals surface area (Å²) >= 11 is 3.26. The van der Waals surface area contributed by atoms with Crippen LogP contribution in [-0.2, 0) is 4.79 Å². The Morgan fingerprint density at radius 1 is 1.32 bits per heavy atom. The maximum atomic E-state index is 11.6. The minimum absolute atomic E-state index is 0.127. The Bertz CT molecular complexity index is 410. The monoisotopic (exact) mass is 328 g/mol. The smallest absolute Gasteiger partial charge is 0.223 e. The van der Waals surface area contributed by atoms with Crippen molar-refractivity contribution in [3.63, 3.8) is 0 Å². The summed E-state index contributed by atoms with van der Waals surface area (Å²) in [5, 5.41) is 0.696. The van der Waals surface area contributed by atoms with Crippen molar-refractivity contribution < 1.29 is 9.53 Å². The van der Waals surface area contributed by atoms with E-state index in [0.29, 0.717) is 24.9 Å². The molecule has 0 saturated carbocycles. The fourth-order valence-corrected chi connectivity index (χ4v) is 1.89. The molecule has 1 amide bonds. The van der Waals surface area contributed by atoms with Crippen LogP contribution in [0.2, 0.25) is 0 Å². The normalized spacial score (nSPS) is 10.1. The van der Waals surface area contributed by atoms with Crippen molar-refractivity contribution in [3.05, 3.63) is 24.3 Å². The van der Waals surface area contributed by atoms with E-state index in [1.54, 1.807) is 11.9 Å². The minimum Gasteiger partial charge on any atom is -0.492 e. The standard InChI is InChI=1S/C14H21BrN2O2/c1-16(2)12-5-4-6-13(11-12)19-10-9-17(3)14(18)7-8-15/h4-6,11H,7-10H2,1-3H3. The molecule has 0 aliphatic heterocycles. The molecule has 0 bridgehead atoms. The molecule has 0 aliphatic rings. The van der Waals surface area contributed by atoms with Gasteiger partial charge in [0.25, 0.3) is 0 Å². The quantitative estimate of drug-likeness (QED) is 0.720. The molecule has 0 unspecified atom stereocenters. The van der Waals surface area contributed by atoms with Crippen LogP contribution in [-0.4, -0.2) is 50.4 Å². The topological polar surface area (TPSA) is 32.8 Å². The molecule has 5 heteroatoms. The van der Waals surface area contributed by atoms with Gasteiger partial charge in [-0.25, -0.2) is 0 Å². The number of hydrogen-bond donors (Lipinski definition) is 0. The zero-order valence-corrected chi connectivity index (χ0v) is 13.3. The van der Waals surface area contributed by atoms with E-state index in [4.69, 9.17) is 4.74 Å². The van der Waals surface area contributed by atoms with Gasteiger partial charge in [0.05, 0.1) is 6.54 Å². The van der Waals surface area contributed by atoms with Crippen LogP contribution in [0.1, 0.15) is 6.42 Å². The summed E-state index contributed by atoms with van der Waals surface area (Å²) in [5.41, 5.74) is 1.10. The Balaban J connectivity index is 2.40. The lowest BCUT2D eigenvalue weighted by Crippen LogP contribution is -2.30. The van der Waals surface area contributed by atoms with Crippen LogP contribution in [0, 0.1) is 0 Å². The van der Waals surface area contributed by atoms with Crippen LogP contribution in [0.15, 0.2) is 24.3 Å². The molecule has 0 spiro atoms.